The number of hydrogen-bond acceptors (Lipinski definition) is 2. The fourth-order valence-corrected chi connectivity index (χ4v) is 1.26. The van der Waals surface area contributed by atoms with Crippen molar-refractivity contribution in [3.8, 4) is 18.1 Å². The van der Waals surface area contributed by atoms with Gasteiger partial charge in [-0.05, 0) is 23.1 Å². The van der Waals surface area contributed by atoms with Crippen molar-refractivity contribution < 1.29 is 4.74 Å². The van der Waals surface area contributed by atoms with Crippen LogP contribution >= 0.6 is 0 Å². The molecule has 0 bridgehead atoms. The van der Waals surface area contributed by atoms with E-state index in [1.54, 1.807) is 6.07 Å². The molecule has 0 amide bonds. The van der Waals surface area contributed by atoms with Crippen LogP contribution in [-0.2, 0) is 5.41 Å². The summed E-state index contributed by atoms with van der Waals surface area (Å²) in [6, 6.07) is 5.73. The molecule has 2 N–H and O–H groups in total. The predicted molar refractivity (Wildman–Crippen MR) is 63.9 cm³/mol. The van der Waals surface area contributed by atoms with E-state index in [0.29, 0.717) is 5.69 Å². The third-order valence-electron chi connectivity index (χ3n) is 2.12. The second-order valence-electron chi connectivity index (χ2n) is 4.53. The van der Waals surface area contributed by atoms with Crippen molar-refractivity contribution in [3.05, 3.63) is 23.8 Å². The molecule has 0 aliphatic rings. The van der Waals surface area contributed by atoms with Gasteiger partial charge in [0.1, 0.15) is 12.4 Å². The minimum atomic E-state index is 0.0592. The Morgan fingerprint density at radius 1 is 1.33 bits per heavy atom. The van der Waals surface area contributed by atoms with E-state index in [9.17, 15) is 0 Å². The molecule has 2 heteroatoms. The maximum Gasteiger partial charge on any atom is 0.148 e. The highest BCUT2D eigenvalue weighted by molar-refractivity contribution is 5.49. The van der Waals surface area contributed by atoms with Crippen molar-refractivity contribution in [1.29, 1.82) is 0 Å². The van der Waals surface area contributed by atoms with Crippen LogP contribution < -0.4 is 10.5 Å². The fraction of sp³-hybridized carbons (Fsp3) is 0.385. The van der Waals surface area contributed by atoms with E-state index in [1.165, 1.54) is 0 Å². The first-order chi connectivity index (χ1) is 6.93. The standard InChI is InChI=1S/C13H17NO/c1-5-6-15-12-8-10(13(2,3)4)7-11(14)9-12/h1,7-9H,6,14H2,2-4H3. The minimum Gasteiger partial charge on any atom is -0.481 e. The van der Waals surface area contributed by atoms with Crippen molar-refractivity contribution in [1.82, 2.24) is 0 Å². The zero-order valence-electron chi connectivity index (χ0n) is 9.50. The van der Waals surface area contributed by atoms with Gasteiger partial charge in [0.2, 0.25) is 0 Å². The molecule has 0 radical (unpaired) electrons. The number of nitrogen functional groups attached to an aromatic ring is 1. The molecule has 0 saturated heterocycles. The Hall–Kier alpha value is -1.62. The Morgan fingerprint density at radius 3 is 2.53 bits per heavy atom. The first-order valence-electron chi connectivity index (χ1n) is 4.91. The lowest BCUT2D eigenvalue weighted by atomic mass is 9.87. The normalized spacial score (nSPS) is 10.8. The number of anilines is 1. The summed E-state index contributed by atoms with van der Waals surface area (Å²) in [5.41, 5.74) is 7.71. The van der Waals surface area contributed by atoms with Gasteiger partial charge in [0.25, 0.3) is 0 Å². The van der Waals surface area contributed by atoms with Crippen molar-refractivity contribution in [2.24, 2.45) is 0 Å². The van der Waals surface area contributed by atoms with E-state index in [-0.39, 0.29) is 12.0 Å². The summed E-state index contributed by atoms with van der Waals surface area (Å²) in [5.74, 6) is 3.16. The van der Waals surface area contributed by atoms with Gasteiger partial charge < -0.3 is 10.5 Å². The van der Waals surface area contributed by atoms with Crippen LogP contribution in [0.5, 0.6) is 5.75 Å². The Balaban J connectivity index is 3.01. The molecular formula is C13H17NO. The third kappa shape index (κ3) is 3.21. The summed E-state index contributed by atoms with van der Waals surface area (Å²) < 4.78 is 5.36. The van der Waals surface area contributed by atoms with E-state index in [0.717, 1.165) is 11.3 Å². The largest absolute Gasteiger partial charge is 0.481 e. The maximum absolute atomic E-state index is 5.80. The van der Waals surface area contributed by atoms with Crippen molar-refractivity contribution in [2.75, 3.05) is 12.3 Å². The van der Waals surface area contributed by atoms with Gasteiger partial charge in [-0.1, -0.05) is 26.7 Å². The van der Waals surface area contributed by atoms with Gasteiger partial charge in [0.15, 0.2) is 0 Å². The zero-order valence-corrected chi connectivity index (χ0v) is 9.50. The van der Waals surface area contributed by atoms with Crippen molar-refractivity contribution in [3.63, 3.8) is 0 Å². The van der Waals surface area contributed by atoms with E-state index in [2.05, 4.69) is 26.7 Å². The number of benzene rings is 1. The molecule has 1 aromatic rings. The molecule has 15 heavy (non-hydrogen) atoms. The first kappa shape index (κ1) is 11.5. The van der Waals surface area contributed by atoms with Crippen molar-refractivity contribution >= 4 is 5.69 Å². The van der Waals surface area contributed by atoms with Crippen LogP contribution in [0.2, 0.25) is 0 Å². The number of hydrogen-bond donors (Lipinski definition) is 1. The van der Waals surface area contributed by atoms with Gasteiger partial charge in [0.05, 0.1) is 0 Å². The number of nitrogens with two attached hydrogens (primary N) is 1. The molecule has 0 unspecified atom stereocenters. The topological polar surface area (TPSA) is 35.2 Å². The van der Waals surface area contributed by atoms with E-state index < -0.39 is 0 Å². The lowest BCUT2D eigenvalue weighted by Gasteiger charge is -2.20. The lowest BCUT2D eigenvalue weighted by Crippen LogP contribution is -2.12. The molecular weight excluding hydrogens is 186 g/mol. The van der Waals surface area contributed by atoms with Crippen LogP contribution in [0, 0.1) is 12.3 Å². The number of rotatable bonds is 2. The predicted octanol–water partition coefficient (Wildman–Crippen LogP) is 2.58. The monoisotopic (exact) mass is 203 g/mol. The van der Waals surface area contributed by atoms with E-state index >= 15 is 0 Å². The highest BCUT2D eigenvalue weighted by atomic mass is 16.5. The fourth-order valence-electron chi connectivity index (χ4n) is 1.26. The average Bonchev–Trinajstić information content (AvgIpc) is 2.12. The highest BCUT2D eigenvalue weighted by Gasteiger charge is 2.15. The molecule has 0 aromatic heterocycles. The van der Waals surface area contributed by atoms with E-state index in [1.807, 2.05) is 12.1 Å². The van der Waals surface area contributed by atoms with Gasteiger partial charge in [0, 0.05) is 11.8 Å². The summed E-state index contributed by atoms with van der Waals surface area (Å²) in [7, 11) is 0. The minimum absolute atomic E-state index is 0.0592. The van der Waals surface area contributed by atoms with Gasteiger partial charge >= 0.3 is 0 Å². The van der Waals surface area contributed by atoms with Crippen LogP contribution in [0.15, 0.2) is 18.2 Å². The molecule has 0 fully saturated rings. The summed E-state index contributed by atoms with van der Waals surface area (Å²) in [4.78, 5) is 0. The summed E-state index contributed by atoms with van der Waals surface area (Å²) in [6.45, 7) is 6.67. The van der Waals surface area contributed by atoms with Crippen LogP contribution in [0.25, 0.3) is 0 Å². The second-order valence-corrected chi connectivity index (χ2v) is 4.53. The Bertz CT molecular complexity index is 383. The van der Waals surface area contributed by atoms with Crippen molar-refractivity contribution in [2.45, 2.75) is 26.2 Å². The molecule has 0 atom stereocenters. The molecule has 1 rings (SSSR count). The highest BCUT2D eigenvalue weighted by Crippen LogP contribution is 2.28. The van der Waals surface area contributed by atoms with E-state index in [4.69, 9.17) is 16.9 Å². The SMILES string of the molecule is C#CCOc1cc(N)cc(C(C)(C)C)c1. The van der Waals surface area contributed by atoms with Crippen LogP contribution in [-0.4, -0.2) is 6.61 Å². The van der Waals surface area contributed by atoms with Gasteiger partial charge in [-0.2, -0.15) is 0 Å². The second kappa shape index (κ2) is 4.27. The average molecular weight is 203 g/mol. The number of ether oxygens (including phenoxy) is 1. The molecule has 0 spiro atoms. The third-order valence-corrected chi connectivity index (χ3v) is 2.12. The van der Waals surface area contributed by atoms with Gasteiger partial charge in [-0.25, -0.2) is 0 Å². The Morgan fingerprint density at radius 2 is 2.00 bits per heavy atom. The molecule has 1 aromatic carbocycles. The van der Waals surface area contributed by atoms with Gasteiger partial charge in [-0.15, -0.1) is 6.42 Å². The Kier molecular flexibility index (Phi) is 3.26. The van der Waals surface area contributed by atoms with Gasteiger partial charge in [-0.3, -0.25) is 0 Å². The number of terminal acetylenes is 1. The van der Waals surface area contributed by atoms with Crippen LogP contribution in [0.4, 0.5) is 5.69 Å². The maximum atomic E-state index is 5.80. The van der Waals surface area contributed by atoms with Crippen LogP contribution in [0.3, 0.4) is 0 Å². The Labute approximate surface area is 91.4 Å². The molecule has 0 heterocycles. The molecule has 80 valence electrons. The first-order valence-corrected chi connectivity index (χ1v) is 4.91. The smallest absolute Gasteiger partial charge is 0.148 e. The lowest BCUT2D eigenvalue weighted by molar-refractivity contribution is 0.369. The summed E-state index contributed by atoms with van der Waals surface area (Å²) >= 11 is 0. The van der Waals surface area contributed by atoms with Crippen LogP contribution in [0.1, 0.15) is 26.3 Å². The quantitative estimate of drug-likeness (QED) is 0.592. The molecule has 0 aliphatic heterocycles. The summed E-state index contributed by atoms with van der Waals surface area (Å²) in [5, 5.41) is 0. The molecule has 0 saturated carbocycles. The zero-order chi connectivity index (χ0) is 11.5. The summed E-state index contributed by atoms with van der Waals surface area (Å²) in [6.07, 6.45) is 5.13. The molecule has 0 aliphatic carbocycles. The molecule has 2 nitrogen and oxygen atoms in total.